The van der Waals surface area contributed by atoms with Gasteiger partial charge >= 0.3 is 6.03 Å². The Bertz CT molecular complexity index is 1080. The normalized spacial score (nSPS) is 13.7. The molecular formula is C25H33ClN6O2S. The first-order valence-corrected chi connectivity index (χ1v) is 12.2. The van der Waals surface area contributed by atoms with Crippen LogP contribution in [0.15, 0.2) is 86.7 Å². The number of hydrogen-bond donors (Lipinski definition) is 3. The van der Waals surface area contributed by atoms with Gasteiger partial charge in [-0.2, -0.15) is 5.10 Å². The molecule has 0 bridgehead atoms. The van der Waals surface area contributed by atoms with E-state index < -0.39 is 11.9 Å². The van der Waals surface area contributed by atoms with E-state index >= 15 is 0 Å². The van der Waals surface area contributed by atoms with Gasteiger partial charge in [-0.1, -0.05) is 37.3 Å². The number of aromatic nitrogens is 1. The molecule has 0 radical (unpaired) electrons. The van der Waals surface area contributed by atoms with Crippen LogP contribution in [0.1, 0.15) is 46.2 Å². The van der Waals surface area contributed by atoms with E-state index in [4.69, 9.17) is 17.3 Å². The highest BCUT2D eigenvalue weighted by atomic mass is 35.5. The number of nitrogens with zero attached hydrogens (tertiary/aromatic N) is 3. The lowest BCUT2D eigenvalue weighted by molar-refractivity contribution is -0.117. The highest BCUT2D eigenvalue weighted by Gasteiger charge is 2.09. The molecular weight excluding hydrogens is 484 g/mol. The number of halogens is 1. The van der Waals surface area contributed by atoms with Gasteiger partial charge < -0.3 is 16.4 Å². The molecule has 0 aliphatic heterocycles. The molecule has 3 amide bonds. The summed E-state index contributed by atoms with van der Waals surface area (Å²) < 4.78 is 0. The molecule has 0 aromatic carbocycles. The number of amides is 3. The SMILES string of the molecule is C=C(/C=C(\C=C/C)N(C)/N=C(\C=C\NC(=O)N/C(CC)=C(C)/C(Cl)=C\C)c1cscn1)CC(N)=O. The lowest BCUT2D eigenvalue weighted by Gasteiger charge is -2.16. The molecule has 0 aliphatic rings. The number of thiazole rings is 1. The van der Waals surface area contributed by atoms with Gasteiger partial charge in [0, 0.05) is 29.4 Å². The number of hydrogen-bond acceptors (Lipinski definition) is 6. The average Bonchev–Trinajstić information content (AvgIpc) is 3.35. The zero-order chi connectivity index (χ0) is 26.4. The summed E-state index contributed by atoms with van der Waals surface area (Å²) in [5, 5.41) is 14.2. The van der Waals surface area contributed by atoms with Crippen molar-refractivity contribution in [3.8, 4) is 0 Å². The molecule has 1 aromatic heterocycles. The molecule has 1 heterocycles. The Balaban J connectivity index is 3.13. The summed E-state index contributed by atoms with van der Waals surface area (Å²) >= 11 is 7.61. The van der Waals surface area contributed by atoms with Gasteiger partial charge in [0.05, 0.1) is 17.6 Å². The summed E-state index contributed by atoms with van der Waals surface area (Å²) in [7, 11) is 1.76. The first-order chi connectivity index (χ1) is 16.6. The Morgan fingerprint density at radius 3 is 2.60 bits per heavy atom. The molecule has 4 N–H and O–H groups in total. The maximum absolute atomic E-state index is 12.4. The molecule has 10 heteroatoms. The van der Waals surface area contributed by atoms with Gasteiger partial charge in [-0.25, -0.2) is 9.78 Å². The fourth-order valence-electron chi connectivity index (χ4n) is 2.81. The van der Waals surface area contributed by atoms with Gasteiger partial charge in [0.15, 0.2) is 0 Å². The Labute approximate surface area is 216 Å². The van der Waals surface area contributed by atoms with Crippen LogP contribution in [0.2, 0.25) is 0 Å². The van der Waals surface area contributed by atoms with Crippen LogP contribution in [0, 0.1) is 0 Å². The standard InChI is InChI=1S/C25H33ClN6O2S/c1-7-10-19(13-17(4)14-24(27)33)32(6)31-22(23-15-35-16-29-23)11-12-28-25(34)30-21(9-3)18(5)20(26)8-2/h7-8,10-13,15-16H,4,9,14H2,1-3,5-6H3,(H2,27,33)(H2,28,30,34)/b10-7-,12-11+,19-13+,20-8+,21-18+,31-22+. The zero-order valence-electron chi connectivity index (χ0n) is 20.8. The summed E-state index contributed by atoms with van der Waals surface area (Å²) in [6.45, 7) is 11.4. The van der Waals surface area contributed by atoms with Crippen LogP contribution in [0.4, 0.5) is 4.79 Å². The van der Waals surface area contributed by atoms with Gasteiger partial charge in [0.25, 0.3) is 0 Å². The van der Waals surface area contributed by atoms with E-state index in [1.165, 1.54) is 17.5 Å². The van der Waals surface area contributed by atoms with Crippen LogP contribution in [0.25, 0.3) is 0 Å². The van der Waals surface area contributed by atoms with E-state index in [1.807, 2.05) is 45.2 Å². The number of hydrazone groups is 1. The second-order valence-electron chi connectivity index (χ2n) is 7.28. The van der Waals surface area contributed by atoms with Crippen molar-refractivity contribution in [1.29, 1.82) is 0 Å². The van der Waals surface area contributed by atoms with Crippen LogP contribution >= 0.6 is 22.9 Å². The third-order valence-corrected chi connectivity index (χ3v) is 5.64. The molecule has 35 heavy (non-hydrogen) atoms. The summed E-state index contributed by atoms with van der Waals surface area (Å²) in [6, 6.07) is -0.402. The van der Waals surface area contributed by atoms with Crippen LogP contribution in [-0.2, 0) is 4.79 Å². The molecule has 0 atom stereocenters. The number of allylic oxidation sites excluding steroid dienone is 8. The molecule has 0 unspecified atom stereocenters. The number of nitrogens with one attached hydrogen (secondary N) is 2. The molecule has 0 fully saturated rings. The van der Waals surface area contributed by atoms with Crippen molar-refractivity contribution in [3.05, 3.63) is 87.3 Å². The van der Waals surface area contributed by atoms with Gasteiger partial charge in [0.2, 0.25) is 5.91 Å². The number of rotatable bonds is 12. The number of primary amides is 1. The van der Waals surface area contributed by atoms with Crippen LogP contribution in [0.3, 0.4) is 0 Å². The number of nitrogens with two attached hydrogens (primary N) is 1. The number of carbonyl (C=O) groups is 2. The quantitative estimate of drug-likeness (QED) is 0.198. The minimum absolute atomic E-state index is 0.0451. The zero-order valence-corrected chi connectivity index (χ0v) is 22.3. The smallest absolute Gasteiger partial charge is 0.322 e. The fraction of sp³-hybridized carbons (Fsp3) is 0.280. The first-order valence-electron chi connectivity index (χ1n) is 10.9. The fourth-order valence-corrected chi connectivity index (χ4v) is 3.47. The van der Waals surface area contributed by atoms with Crippen molar-refractivity contribution in [3.63, 3.8) is 0 Å². The first kappa shape index (κ1) is 29.6. The lowest BCUT2D eigenvalue weighted by Crippen LogP contribution is -2.32. The summed E-state index contributed by atoms with van der Waals surface area (Å²) in [4.78, 5) is 27.9. The van der Waals surface area contributed by atoms with Gasteiger partial charge in [-0.05, 0) is 56.6 Å². The van der Waals surface area contributed by atoms with Crippen LogP contribution < -0.4 is 16.4 Å². The van der Waals surface area contributed by atoms with E-state index in [9.17, 15) is 9.59 Å². The lowest BCUT2D eigenvalue weighted by atomic mass is 10.1. The minimum Gasteiger partial charge on any atom is -0.369 e. The highest BCUT2D eigenvalue weighted by molar-refractivity contribution is 7.07. The maximum Gasteiger partial charge on any atom is 0.322 e. The summed E-state index contributed by atoms with van der Waals surface area (Å²) in [5.74, 6) is -0.461. The maximum atomic E-state index is 12.4. The number of urea groups is 1. The topological polar surface area (TPSA) is 113 Å². The molecule has 1 rings (SSSR count). The Hall–Kier alpha value is -3.43. The van der Waals surface area contributed by atoms with Crippen LogP contribution in [-0.4, -0.2) is 34.7 Å². The second-order valence-corrected chi connectivity index (χ2v) is 8.40. The molecule has 188 valence electrons. The predicted molar refractivity (Wildman–Crippen MR) is 146 cm³/mol. The van der Waals surface area contributed by atoms with E-state index in [2.05, 4.69) is 27.3 Å². The van der Waals surface area contributed by atoms with Crippen molar-refractivity contribution in [2.24, 2.45) is 10.8 Å². The highest BCUT2D eigenvalue weighted by Crippen LogP contribution is 2.18. The van der Waals surface area contributed by atoms with Crippen molar-refractivity contribution in [1.82, 2.24) is 20.6 Å². The van der Waals surface area contributed by atoms with Crippen molar-refractivity contribution >= 4 is 40.6 Å². The molecule has 1 aromatic rings. The average molecular weight is 517 g/mol. The Morgan fingerprint density at radius 1 is 1.34 bits per heavy atom. The third-order valence-electron chi connectivity index (χ3n) is 4.55. The van der Waals surface area contributed by atoms with Crippen molar-refractivity contribution in [2.75, 3.05) is 7.05 Å². The van der Waals surface area contributed by atoms with Crippen molar-refractivity contribution in [2.45, 2.75) is 40.5 Å². The van der Waals surface area contributed by atoms with E-state index in [0.29, 0.717) is 34.1 Å². The van der Waals surface area contributed by atoms with Crippen molar-refractivity contribution < 1.29 is 9.59 Å². The largest absolute Gasteiger partial charge is 0.369 e. The van der Waals surface area contributed by atoms with Crippen LogP contribution in [0.5, 0.6) is 0 Å². The minimum atomic E-state index is -0.461. The van der Waals surface area contributed by atoms with Gasteiger partial charge in [-0.15, -0.1) is 11.3 Å². The molecule has 0 aliphatic carbocycles. The molecule has 0 spiro atoms. The Kier molecular flexibility index (Phi) is 13.1. The monoisotopic (exact) mass is 516 g/mol. The summed E-state index contributed by atoms with van der Waals surface area (Å²) in [5.41, 5.74) is 10.9. The Morgan fingerprint density at radius 2 is 2.06 bits per heavy atom. The molecule has 8 nitrogen and oxygen atoms in total. The third kappa shape index (κ3) is 10.6. The predicted octanol–water partition coefficient (Wildman–Crippen LogP) is 5.31. The number of likely N-dealkylation sites (N-methyl/N-ethyl adjacent to an activating group) is 1. The summed E-state index contributed by atoms with van der Waals surface area (Å²) in [6.07, 6.45) is 11.0. The molecule has 0 saturated carbocycles. The second kappa shape index (κ2) is 15.5. The van der Waals surface area contributed by atoms with Gasteiger partial charge in [-0.3, -0.25) is 9.80 Å². The van der Waals surface area contributed by atoms with E-state index in [0.717, 1.165) is 11.3 Å². The number of carbonyl (C=O) groups excluding carboxylic acids is 2. The van der Waals surface area contributed by atoms with E-state index in [-0.39, 0.29) is 6.42 Å². The van der Waals surface area contributed by atoms with E-state index in [1.54, 1.807) is 35.8 Å². The van der Waals surface area contributed by atoms with Gasteiger partial charge in [0.1, 0.15) is 11.4 Å². The molecule has 0 saturated heterocycles.